The summed E-state index contributed by atoms with van der Waals surface area (Å²) < 4.78 is 0. The predicted molar refractivity (Wildman–Crippen MR) is 74.5 cm³/mol. The average Bonchev–Trinajstić information content (AvgIpc) is 2.63. The van der Waals surface area contributed by atoms with Gasteiger partial charge in [0, 0.05) is 19.1 Å². The van der Waals surface area contributed by atoms with Gasteiger partial charge in [-0.25, -0.2) is 4.79 Å². The average molecular weight is 252 g/mol. The number of hydrogen-bond acceptors (Lipinski definition) is 1. The topological polar surface area (TPSA) is 32.3 Å². The number of likely N-dealkylation sites (tertiary alicyclic amines) is 1. The van der Waals surface area contributed by atoms with Crippen LogP contribution in [0, 0.1) is 10.8 Å². The monoisotopic (exact) mass is 252 g/mol. The molecule has 2 amide bonds. The molecule has 3 heteroatoms. The molecule has 1 aliphatic heterocycles. The summed E-state index contributed by atoms with van der Waals surface area (Å²) in [7, 11) is 0. The lowest BCUT2D eigenvalue weighted by Gasteiger charge is -2.45. The van der Waals surface area contributed by atoms with Crippen LogP contribution in [0.2, 0.25) is 0 Å². The van der Waals surface area contributed by atoms with Crippen LogP contribution in [0.1, 0.15) is 59.8 Å². The molecule has 104 valence electrons. The van der Waals surface area contributed by atoms with E-state index in [9.17, 15) is 4.79 Å². The molecule has 1 heterocycles. The first-order valence-electron chi connectivity index (χ1n) is 7.33. The molecule has 1 saturated carbocycles. The maximum Gasteiger partial charge on any atom is 0.317 e. The zero-order chi connectivity index (χ0) is 13.4. The molecule has 0 unspecified atom stereocenters. The Morgan fingerprint density at radius 2 is 1.56 bits per heavy atom. The molecule has 2 rings (SSSR count). The summed E-state index contributed by atoms with van der Waals surface area (Å²) in [6.45, 7) is 11.2. The van der Waals surface area contributed by atoms with Crippen molar-refractivity contribution in [1.82, 2.24) is 10.2 Å². The number of urea groups is 1. The molecule has 2 aliphatic rings. The van der Waals surface area contributed by atoms with Gasteiger partial charge in [0.1, 0.15) is 0 Å². The minimum absolute atomic E-state index is 0.158. The van der Waals surface area contributed by atoms with Gasteiger partial charge in [0.2, 0.25) is 0 Å². The normalized spacial score (nSPS) is 27.2. The first-order chi connectivity index (χ1) is 8.27. The van der Waals surface area contributed by atoms with Crippen LogP contribution >= 0.6 is 0 Å². The van der Waals surface area contributed by atoms with Crippen LogP contribution in [0.5, 0.6) is 0 Å². The van der Waals surface area contributed by atoms with E-state index >= 15 is 0 Å². The lowest BCUT2D eigenvalue weighted by Crippen LogP contribution is -2.49. The summed E-state index contributed by atoms with van der Waals surface area (Å²) in [5, 5.41) is 3.26. The molecule has 0 aromatic rings. The summed E-state index contributed by atoms with van der Waals surface area (Å²) >= 11 is 0. The van der Waals surface area contributed by atoms with Crippen molar-refractivity contribution in [2.24, 2.45) is 10.8 Å². The maximum atomic E-state index is 12.2. The Balaban J connectivity index is 1.94. The molecule has 1 N–H and O–H groups in total. The molecular weight excluding hydrogens is 224 g/mol. The molecule has 0 aromatic carbocycles. The second-order valence-corrected chi connectivity index (χ2v) is 7.75. The highest BCUT2D eigenvalue weighted by molar-refractivity contribution is 5.74. The van der Waals surface area contributed by atoms with Crippen LogP contribution in [-0.2, 0) is 0 Å². The molecule has 0 bridgehead atoms. The molecular formula is C15H28N2O. The van der Waals surface area contributed by atoms with Gasteiger partial charge < -0.3 is 10.2 Å². The Hall–Kier alpha value is -0.730. The summed E-state index contributed by atoms with van der Waals surface area (Å²) in [6.07, 6.45) is 5.78. The largest absolute Gasteiger partial charge is 0.335 e. The minimum atomic E-state index is 0.158. The quantitative estimate of drug-likeness (QED) is 0.762. The molecule has 2 fully saturated rings. The van der Waals surface area contributed by atoms with E-state index in [1.54, 1.807) is 0 Å². The molecule has 0 spiro atoms. The molecule has 1 saturated heterocycles. The van der Waals surface area contributed by atoms with Gasteiger partial charge in [-0.15, -0.1) is 0 Å². The number of nitrogens with one attached hydrogen (secondary N) is 1. The van der Waals surface area contributed by atoms with E-state index in [1.807, 2.05) is 4.90 Å². The molecule has 3 nitrogen and oxygen atoms in total. The third-order valence-corrected chi connectivity index (χ3v) is 4.28. The molecule has 1 aliphatic carbocycles. The van der Waals surface area contributed by atoms with Crippen LogP contribution in [0.3, 0.4) is 0 Å². The van der Waals surface area contributed by atoms with Gasteiger partial charge in [-0.05, 0) is 42.9 Å². The highest BCUT2D eigenvalue weighted by Gasteiger charge is 2.39. The van der Waals surface area contributed by atoms with Gasteiger partial charge in [-0.2, -0.15) is 0 Å². The Labute approximate surface area is 111 Å². The first kappa shape index (κ1) is 13.7. The van der Waals surface area contributed by atoms with Gasteiger partial charge >= 0.3 is 6.03 Å². The lowest BCUT2D eigenvalue weighted by molar-refractivity contribution is 0.0857. The van der Waals surface area contributed by atoms with E-state index in [0.29, 0.717) is 16.9 Å². The van der Waals surface area contributed by atoms with Crippen molar-refractivity contribution in [3.8, 4) is 0 Å². The fourth-order valence-corrected chi connectivity index (χ4v) is 4.13. The standard InChI is InChI=1S/C15H28N2O/c1-14(2)9-12(10-15(3,4)11-14)16-13(18)17-7-5-6-8-17/h12H,5-11H2,1-4H3,(H,16,18). The highest BCUT2D eigenvalue weighted by atomic mass is 16.2. The maximum absolute atomic E-state index is 12.2. The van der Waals surface area contributed by atoms with E-state index in [0.717, 1.165) is 38.8 Å². The third-order valence-electron chi connectivity index (χ3n) is 4.28. The molecule has 18 heavy (non-hydrogen) atoms. The number of hydrogen-bond donors (Lipinski definition) is 1. The third kappa shape index (κ3) is 3.39. The van der Waals surface area contributed by atoms with Crippen LogP contribution < -0.4 is 5.32 Å². The Kier molecular flexibility index (Phi) is 3.61. The van der Waals surface area contributed by atoms with Crippen molar-refractivity contribution in [3.05, 3.63) is 0 Å². The summed E-state index contributed by atoms with van der Waals surface area (Å²) in [5.74, 6) is 0. The van der Waals surface area contributed by atoms with Crippen molar-refractivity contribution in [2.75, 3.05) is 13.1 Å². The fourth-order valence-electron chi connectivity index (χ4n) is 4.13. The van der Waals surface area contributed by atoms with Crippen molar-refractivity contribution in [3.63, 3.8) is 0 Å². The smallest absolute Gasteiger partial charge is 0.317 e. The number of carbonyl (C=O) groups is 1. The fraction of sp³-hybridized carbons (Fsp3) is 0.933. The van der Waals surface area contributed by atoms with Gasteiger partial charge in [0.05, 0.1) is 0 Å². The number of rotatable bonds is 1. The van der Waals surface area contributed by atoms with Gasteiger partial charge in [-0.3, -0.25) is 0 Å². The van der Waals surface area contributed by atoms with E-state index < -0.39 is 0 Å². The zero-order valence-electron chi connectivity index (χ0n) is 12.4. The van der Waals surface area contributed by atoms with Crippen LogP contribution in [0.25, 0.3) is 0 Å². The van der Waals surface area contributed by atoms with Gasteiger partial charge in [0.25, 0.3) is 0 Å². The zero-order valence-corrected chi connectivity index (χ0v) is 12.4. The number of nitrogens with zero attached hydrogens (tertiary/aromatic N) is 1. The molecule has 0 aromatic heterocycles. The summed E-state index contributed by atoms with van der Waals surface area (Å²) in [5.41, 5.74) is 0.676. The summed E-state index contributed by atoms with van der Waals surface area (Å²) in [6, 6.07) is 0.503. The number of carbonyl (C=O) groups excluding carboxylic acids is 1. The number of amides is 2. The van der Waals surface area contributed by atoms with Gasteiger partial charge in [0.15, 0.2) is 0 Å². The lowest BCUT2D eigenvalue weighted by atomic mass is 9.63. The van der Waals surface area contributed by atoms with Crippen molar-refractivity contribution in [2.45, 2.75) is 65.8 Å². The second-order valence-electron chi connectivity index (χ2n) is 7.75. The Morgan fingerprint density at radius 1 is 1.06 bits per heavy atom. The van der Waals surface area contributed by atoms with Crippen molar-refractivity contribution >= 4 is 6.03 Å². The van der Waals surface area contributed by atoms with Crippen LogP contribution in [-0.4, -0.2) is 30.1 Å². The van der Waals surface area contributed by atoms with Crippen molar-refractivity contribution in [1.29, 1.82) is 0 Å². The van der Waals surface area contributed by atoms with Crippen molar-refractivity contribution < 1.29 is 4.79 Å². The Bertz CT molecular complexity index is 300. The van der Waals surface area contributed by atoms with Gasteiger partial charge in [-0.1, -0.05) is 27.7 Å². The predicted octanol–water partition coefficient (Wildman–Crippen LogP) is 3.40. The van der Waals surface area contributed by atoms with Crippen LogP contribution in [0.15, 0.2) is 0 Å². The highest BCUT2D eigenvalue weighted by Crippen LogP contribution is 2.45. The van der Waals surface area contributed by atoms with E-state index in [-0.39, 0.29) is 6.03 Å². The Morgan fingerprint density at radius 3 is 2.06 bits per heavy atom. The van der Waals surface area contributed by atoms with E-state index in [4.69, 9.17) is 0 Å². The second kappa shape index (κ2) is 4.75. The summed E-state index contributed by atoms with van der Waals surface area (Å²) in [4.78, 5) is 14.1. The van der Waals surface area contributed by atoms with Crippen LogP contribution in [0.4, 0.5) is 4.79 Å². The minimum Gasteiger partial charge on any atom is -0.335 e. The SMILES string of the molecule is CC1(C)CC(NC(=O)N2CCCC2)CC(C)(C)C1. The molecule has 0 radical (unpaired) electrons. The van der Waals surface area contributed by atoms with E-state index in [1.165, 1.54) is 6.42 Å². The first-order valence-corrected chi connectivity index (χ1v) is 7.33. The molecule has 0 atom stereocenters. The van der Waals surface area contributed by atoms with E-state index in [2.05, 4.69) is 33.0 Å².